The molecule has 9 heteroatoms. The molecule has 0 saturated carbocycles. The summed E-state index contributed by atoms with van der Waals surface area (Å²) >= 11 is 0. The van der Waals surface area contributed by atoms with Crippen molar-refractivity contribution in [2.45, 2.75) is 26.2 Å². The maximum absolute atomic E-state index is 13.2. The largest absolute Gasteiger partial charge is 0.462 e. The van der Waals surface area contributed by atoms with Crippen LogP contribution in [0, 0.1) is 10.1 Å². The number of carbonyl (C=O) groups is 3. The van der Waals surface area contributed by atoms with E-state index in [0.29, 0.717) is 13.1 Å². The molecule has 1 heterocycles. The van der Waals surface area contributed by atoms with Gasteiger partial charge in [0.1, 0.15) is 0 Å². The van der Waals surface area contributed by atoms with Crippen molar-refractivity contribution in [2.24, 2.45) is 0 Å². The molecule has 1 aliphatic rings. The van der Waals surface area contributed by atoms with Crippen LogP contribution in [0.3, 0.4) is 0 Å². The second kappa shape index (κ2) is 9.81. The molecule has 2 aromatic carbocycles. The van der Waals surface area contributed by atoms with Crippen molar-refractivity contribution < 1.29 is 24.0 Å². The summed E-state index contributed by atoms with van der Waals surface area (Å²) in [6.07, 6.45) is 0. The van der Waals surface area contributed by atoms with Gasteiger partial charge in [0.15, 0.2) is 0 Å². The van der Waals surface area contributed by atoms with E-state index in [4.69, 9.17) is 4.74 Å². The first kappa shape index (κ1) is 23.9. The Hall–Kier alpha value is -3.75. The second-order valence-electron chi connectivity index (χ2n) is 8.32. The van der Waals surface area contributed by atoms with Crippen molar-refractivity contribution in [3.63, 3.8) is 0 Å². The molecule has 0 unspecified atom stereocenters. The average molecular weight is 453 g/mol. The number of amides is 2. The number of non-ortho nitro benzene ring substituents is 1. The fourth-order valence-corrected chi connectivity index (χ4v) is 3.84. The zero-order valence-corrected chi connectivity index (χ0v) is 18.9. The lowest BCUT2D eigenvalue weighted by molar-refractivity contribution is -0.384. The van der Waals surface area contributed by atoms with Gasteiger partial charge in [-0.05, 0) is 32.4 Å². The quantitative estimate of drug-likeness (QED) is 0.378. The lowest BCUT2D eigenvalue weighted by Gasteiger charge is -2.38. The number of benzene rings is 2. The lowest BCUT2D eigenvalue weighted by Crippen LogP contribution is -2.54. The van der Waals surface area contributed by atoms with Gasteiger partial charge in [0.2, 0.25) is 5.91 Å². The summed E-state index contributed by atoms with van der Waals surface area (Å²) in [5.74, 6) is -1.19. The number of hydrogen-bond donors (Lipinski definition) is 0. The van der Waals surface area contributed by atoms with Gasteiger partial charge in [-0.25, -0.2) is 4.79 Å². The Morgan fingerprint density at radius 2 is 1.55 bits per heavy atom. The van der Waals surface area contributed by atoms with Crippen LogP contribution in [0.4, 0.5) is 5.69 Å². The summed E-state index contributed by atoms with van der Waals surface area (Å²) in [6.45, 7) is 6.76. The van der Waals surface area contributed by atoms with Crippen LogP contribution in [-0.4, -0.2) is 65.3 Å². The van der Waals surface area contributed by atoms with E-state index in [0.717, 1.165) is 17.7 Å². The molecule has 174 valence electrons. The van der Waals surface area contributed by atoms with E-state index < -0.39 is 22.2 Å². The number of rotatable bonds is 6. The highest BCUT2D eigenvalue weighted by molar-refractivity contribution is 5.99. The maximum atomic E-state index is 13.2. The molecule has 0 spiro atoms. The minimum Gasteiger partial charge on any atom is -0.462 e. The van der Waals surface area contributed by atoms with Crippen molar-refractivity contribution >= 4 is 23.5 Å². The molecule has 0 bridgehead atoms. The Bertz CT molecular complexity index is 1060. The van der Waals surface area contributed by atoms with E-state index >= 15 is 0 Å². The third-order valence-electron chi connectivity index (χ3n) is 5.77. The van der Waals surface area contributed by atoms with Crippen LogP contribution in [0.1, 0.15) is 47.1 Å². The minimum atomic E-state index is -0.728. The summed E-state index contributed by atoms with van der Waals surface area (Å²) in [7, 11) is 0. The van der Waals surface area contributed by atoms with E-state index in [1.54, 1.807) is 11.8 Å². The average Bonchev–Trinajstić information content (AvgIpc) is 2.83. The Kier molecular flexibility index (Phi) is 7.10. The first-order chi connectivity index (χ1) is 15.6. The zero-order valence-electron chi connectivity index (χ0n) is 18.9. The Balaban J connectivity index is 1.73. The molecule has 2 aromatic rings. The number of ether oxygens (including phenoxy) is 1. The van der Waals surface area contributed by atoms with Gasteiger partial charge in [0, 0.05) is 43.9 Å². The third-order valence-corrected chi connectivity index (χ3v) is 5.77. The molecule has 0 radical (unpaired) electrons. The number of nitro benzene ring substituents is 1. The number of carbonyl (C=O) groups excluding carboxylic acids is 3. The lowest BCUT2D eigenvalue weighted by atomic mass is 9.83. The summed E-state index contributed by atoms with van der Waals surface area (Å²) < 4.78 is 4.92. The summed E-state index contributed by atoms with van der Waals surface area (Å²) in [4.78, 5) is 52.2. The normalized spacial score (nSPS) is 14.0. The number of nitro groups is 1. The SMILES string of the molecule is CCOC(=O)c1cc(C(=O)N2CCN(C(=O)C(C)(C)c3ccccc3)CC2)cc([N+](=O)[O-])c1. The topological polar surface area (TPSA) is 110 Å². The molecule has 1 fully saturated rings. The van der Waals surface area contributed by atoms with Gasteiger partial charge >= 0.3 is 5.97 Å². The van der Waals surface area contributed by atoms with Gasteiger partial charge in [-0.3, -0.25) is 19.7 Å². The molecule has 3 rings (SSSR count). The molecule has 1 aliphatic heterocycles. The second-order valence-corrected chi connectivity index (χ2v) is 8.32. The smallest absolute Gasteiger partial charge is 0.338 e. The van der Waals surface area contributed by atoms with Crippen molar-refractivity contribution in [2.75, 3.05) is 32.8 Å². The highest BCUT2D eigenvalue weighted by Crippen LogP contribution is 2.26. The molecule has 0 atom stereocenters. The first-order valence-electron chi connectivity index (χ1n) is 10.8. The van der Waals surface area contributed by atoms with Crippen LogP contribution in [0.5, 0.6) is 0 Å². The van der Waals surface area contributed by atoms with E-state index in [9.17, 15) is 24.5 Å². The Labute approximate surface area is 192 Å². The van der Waals surface area contributed by atoms with Gasteiger partial charge in [-0.1, -0.05) is 30.3 Å². The van der Waals surface area contributed by atoms with Crippen molar-refractivity contribution in [1.82, 2.24) is 9.80 Å². The van der Waals surface area contributed by atoms with Gasteiger partial charge in [-0.15, -0.1) is 0 Å². The summed E-state index contributed by atoms with van der Waals surface area (Å²) in [6, 6.07) is 13.1. The monoisotopic (exact) mass is 453 g/mol. The van der Waals surface area contributed by atoms with E-state index in [2.05, 4.69) is 0 Å². The van der Waals surface area contributed by atoms with E-state index in [1.165, 1.54) is 11.0 Å². The number of esters is 1. The van der Waals surface area contributed by atoms with Crippen molar-refractivity contribution in [3.05, 3.63) is 75.3 Å². The van der Waals surface area contributed by atoms with E-state index in [-0.39, 0.29) is 42.4 Å². The molecule has 9 nitrogen and oxygen atoms in total. The van der Waals surface area contributed by atoms with Crippen molar-refractivity contribution in [3.8, 4) is 0 Å². The third kappa shape index (κ3) is 5.19. The minimum absolute atomic E-state index is 0.0271. The molecule has 0 aromatic heterocycles. The fourth-order valence-electron chi connectivity index (χ4n) is 3.84. The molecule has 2 amide bonds. The summed E-state index contributed by atoms with van der Waals surface area (Å²) in [5, 5.41) is 11.3. The van der Waals surface area contributed by atoms with E-state index in [1.807, 2.05) is 44.2 Å². The van der Waals surface area contributed by atoms with Crippen LogP contribution in [-0.2, 0) is 14.9 Å². The standard InChI is InChI=1S/C24H27N3O6/c1-4-33-22(29)18-14-17(15-20(16-18)27(31)32)21(28)25-10-12-26(13-11-25)23(30)24(2,3)19-8-6-5-7-9-19/h5-9,14-16H,4,10-13H2,1-3H3. The van der Waals surface area contributed by atoms with Gasteiger partial charge in [-0.2, -0.15) is 0 Å². The Morgan fingerprint density at radius 3 is 2.12 bits per heavy atom. The van der Waals surface area contributed by atoms with Crippen LogP contribution in [0.15, 0.2) is 48.5 Å². The molecule has 0 N–H and O–H groups in total. The Morgan fingerprint density at radius 1 is 0.970 bits per heavy atom. The molecule has 33 heavy (non-hydrogen) atoms. The highest BCUT2D eigenvalue weighted by atomic mass is 16.6. The number of nitrogens with zero attached hydrogens (tertiary/aromatic N) is 3. The van der Waals surface area contributed by atoms with Crippen LogP contribution in [0.2, 0.25) is 0 Å². The van der Waals surface area contributed by atoms with Gasteiger partial charge in [0.25, 0.3) is 11.6 Å². The van der Waals surface area contributed by atoms with Crippen LogP contribution >= 0.6 is 0 Å². The zero-order chi connectivity index (χ0) is 24.2. The highest BCUT2D eigenvalue weighted by Gasteiger charge is 2.36. The fraction of sp³-hybridized carbons (Fsp3) is 0.375. The predicted molar refractivity (Wildman–Crippen MR) is 121 cm³/mol. The van der Waals surface area contributed by atoms with Gasteiger partial charge in [0.05, 0.1) is 22.5 Å². The molecular formula is C24H27N3O6. The molecule has 0 aliphatic carbocycles. The number of hydrogen-bond acceptors (Lipinski definition) is 6. The molecular weight excluding hydrogens is 426 g/mol. The number of piperazine rings is 1. The molecule has 1 saturated heterocycles. The van der Waals surface area contributed by atoms with Crippen LogP contribution in [0.25, 0.3) is 0 Å². The summed E-state index contributed by atoms with van der Waals surface area (Å²) in [5.41, 5.74) is -0.162. The predicted octanol–water partition coefficient (Wildman–Crippen LogP) is 3.03. The maximum Gasteiger partial charge on any atom is 0.338 e. The van der Waals surface area contributed by atoms with Gasteiger partial charge < -0.3 is 14.5 Å². The van der Waals surface area contributed by atoms with Crippen molar-refractivity contribution in [1.29, 1.82) is 0 Å². The first-order valence-corrected chi connectivity index (χ1v) is 10.8. The van der Waals surface area contributed by atoms with Crippen LogP contribution < -0.4 is 0 Å².